The molecule has 4 fully saturated rings. The molecule has 3 amide bonds. The highest BCUT2D eigenvalue weighted by Crippen LogP contribution is 2.59. The van der Waals surface area contributed by atoms with Gasteiger partial charge in [0.25, 0.3) is 0 Å². The normalized spacial score (nSPS) is 26.6. The van der Waals surface area contributed by atoms with E-state index in [-0.39, 0.29) is 43.3 Å². The topological polar surface area (TPSA) is 125 Å². The largest absolute Gasteiger partial charge is 0.455 e. The van der Waals surface area contributed by atoms with Crippen LogP contribution in [-0.4, -0.2) is 88.1 Å². The molecule has 0 aromatic heterocycles. The second kappa shape index (κ2) is 16.4. The molecule has 6 rings (SSSR count). The summed E-state index contributed by atoms with van der Waals surface area (Å²) in [4.78, 5) is 60.2. The molecule has 1 spiro atoms. The third-order valence-electron chi connectivity index (χ3n) is 11.3. The molecule has 1 aliphatic carbocycles. The average Bonchev–Trinajstić information content (AvgIpc) is 3.81. The van der Waals surface area contributed by atoms with Gasteiger partial charge in [0.1, 0.15) is 17.7 Å². The lowest BCUT2D eigenvalue weighted by molar-refractivity contribution is -0.161. The van der Waals surface area contributed by atoms with Crippen LogP contribution >= 0.6 is 0 Å². The average molecular weight is 698 g/mol. The summed E-state index contributed by atoms with van der Waals surface area (Å²) in [6.45, 7) is 7.65. The summed E-state index contributed by atoms with van der Waals surface area (Å²) < 4.78 is 12.9. The van der Waals surface area contributed by atoms with Gasteiger partial charge in [-0.25, -0.2) is 0 Å². The summed E-state index contributed by atoms with van der Waals surface area (Å²) in [7, 11) is 0. The van der Waals surface area contributed by atoms with Gasteiger partial charge in [-0.05, 0) is 49.7 Å². The van der Waals surface area contributed by atoms with Crippen LogP contribution in [-0.2, 0) is 35.1 Å². The molecule has 3 heterocycles. The number of ether oxygens (including phenoxy) is 2. The van der Waals surface area contributed by atoms with Crippen LogP contribution in [0.15, 0.2) is 86.0 Å². The highest BCUT2D eigenvalue weighted by Gasteiger charge is 2.75. The predicted octanol–water partition coefficient (Wildman–Crippen LogP) is 4.68. The zero-order valence-corrected chi connectivity index (χ0v) is 29.4. The molecule has 2 N–H and O–H groups in total. The van der Waals surface area contributed by atoms with Crippen molar-refractivity contribution >= 4 is 23.7 Å². The molecular formula is C41H51N3O7. The number of amides is 3. The molecule has 10 nitrogen and oxygen atoms in total. The first-order chi connectivity index (χ1) is 24.8. The number of nitrogens with zero attached hydrogens (tertiary/aromatic N) is 2. The Morgan fingerprint density at radius 1 is 1.02 bits per heavy atom. The Hall–Kier alpha value is -4.28. The Balaban J connectivity index is 1.33. The summed E-state index contributed by atoms with van der Waals surface area (Å²) in [5, 5.41) is 13.7. The van der Waals surface area contributed by atoms with Crippen molar-refractivity contribution in [1.29, 1.82) is 0 Å². The van der Waals surface area contributed by atoms with Crippen molar-refractivity contribution in [2.75, 3.05) is 19.7 Å². The van der Waals surface area contributed by atoms with Crippen molar-refractivity contribution in [3.63, 3.8) is 0 Å². The van der Waals surface area contributed by atoms with Crippen LogP contribution in [0.3, 0.4) is 0 Å². The van der Waals surface area contributed by atoms with Crippen molar-refractivity contribution in [2.45, 2.75) is 100 Å². The lowest BCUT2D eigenvalue weighted by Crippen LogP contribution is -2.60. The molecule has 2 bridgehead atoms. The summed E-state index contributed by atoms with van der Waals surface area (Å²) in [5.74, 6) is -3.29. The van der Waals surface area contributed by atoms with Crippen LogP contribution in [0.2, 0.25) is 0 Å². The van der Waals surface area contributed by atoms with E-state index in [1.165, 1.54) is 0 Å². The molecule has 10 heteroatoms. The van der Waals surface area contributed by atoms with Gasteiger partial charge in [-0.1, -0.05) is 92.1 Å². The monoisotopic (exact) mass is 697 g/mol. The van der Waals surface area contributed by atoms with Gasteiger partial charge in [-0.15, -0.1) is 13.2 Å². The molecule has 2 aromatic rings. The van der Waals surface area contributed by atoms with Gasteiger partial charge in [0.2, 0.25) is 17.7 Å². The molecule has 4 aliphatic rings. The van der Waals surface area contributed by atoms with Crippen LogP contribution in [0.25, 0.3) is 0 Å². The summed E-state index contributed by atoms with van der Waals surface area (Å²) in [5.41, 5.74) is 0.376. The number of likely N-dealkylation sites (tertiary alicyclic amines) is 1. The molecule has 3 aliphatic heterocycles. The van der Waals surface area contributed by atoms with Crippen molar-refractivity contribution < 1.29 is 33.8 Å². The van der Waals surface area contributed by atoms with E-state index in [1.54, 1.807) is 17.1 Å². The SMILES string of the molecule is C=CCCC(=O)NC[C@@H](OC(=O)[C@@H]1[C@@H]2CC[C@]3(O2)[C@H](C(=O)N(CC=C)C2CCCCC2)N([C@@H](CO)Cc2ccccc2)C(=O)[C@@H]13)c1ccccc1. The van der Waals surface area contributed by atoms with Crippen molar-refractivity contribution in [2.24, 2.45) is 11.8 Å². The van der Waals surface area contributed by atoms with Gasteiger partial charge in [-0.2, -0.15) is 0 Å². The number of rotatable bonds is 16. The minimum Gasteiger partial charge on any atom is -0.455 e. The number of nitrogens with one attached hydrogen (secondary N) is 1. The smallest absolute Gasteiger partial charge is 0.313 e. The second-order valence-corrected chi connectivity index (χ2v) is 14.4. The van der Waals surface area contributed by atoms with Crippen LogP contribution < -0.4 is 5.32 Å². The van der Waals surface area contributed by atoms with E-state index >= 15 is 4.79 Å². The Bertz CT molecular complexity index is 1560. The maximum atomic E-state index is 15.0. The number of benzene rings is 2. The van der Waals surface area contributed by atoms with Crippen molar-refractivity contribution in [3.05, 3.63) is 97.1 Å². The molecule has 0 unspecified atom stereocenters. The first-order valence-electron chi connectivity index (χ1n) is 18.5. The van der Waals surface area contributed by atoms with E-state index in [0.717, 1.165) is 37.7 Å². The molecule has 3 saturated heterocycles. The van der Waals surface area contributed by atoms with Crippen LogP contribution in [0.5, 0.6) is 0 Å². The van der Waals surface area contributed by atoms with E-state index in [1.807, 2.05) is 65.6 Å². The third kappa shape index (κ3) is 7.39. The number of aliphatic hydroxyl groups is 1. The summed E-state index contributed by atoms with van der Waals surface area (Å²) >= 11 is 0. The second-order valence-electron chi connectivity index (χ2n) is 14.4. The summed E-state index contributed by atoms with van der Waals surface area (Å²) in [6.07, 6.45) is 8.93. The molecule has 272 valence electrons. The number of carbonyl (C=O) groups is 4. The minimum absolute atomic E-state index is 0.00559. The van der Waals surface area contributed by atoms with Gasteiger partial charge in [-0.3, -0.25) is 19.2 Å². The number of allylic oxidation sites excluding steroid dienone is 1. The van der Waals surface area contributed by atoms with Gasteiger partial charge in [0.05, 0.1) is 37.1 Å². The van der Waals surface area contributed by atoms with E-state index in [2.05, 4.69) is 18.5 Å². The van der Waals surface area contributed by atoms with Crippen molar-refractivity contribution in [1.82, 2.24) is 15.1 Å². The zero-order valence-electron chi connectivity index (χ0n) is 29.4. The van der Waals surface area contributed by atoms with E-state index in [4.69, 9.17) is 9.47 Å². The third-order valence-corrected chi connectivity index (χ3v) is 11.3. The van der Waals surface area contributed by atoms with E-state index in [0.29, 0.717) is 37.8 Å². The first kappa shape index (κ1) is 36.5. The number of hydrogen-bond donors (Lipinski definition) is 2. The molecule has 0 radical (unpaired) electrons. The lowest BCUT2D eigenvalue weighted by atomic mass is 9.70. The highest BCUT2D eigenvalue weighted by molar-refractivity contribution is 5.98. The van der Waals surface area contributed by atoms with Gasteiger partial charge >= 0.3 is 5.97 Å². The van der Waals surface area contributed by atoms with Crippen LogP contribution in [0.1, 0.15) is 75.0 Å². The molecular weight excluding hydrogens is 646 g/mol. The predicted molar refractivity (Wildman–Crippen MR) is 192 cm³/mol. The van der Waals surface area contributed by atoms with Gasteiger partial charge < -0.3 is 29.7 Å². The van der Waals surface area contributed by atoms with E-state index < -0.39 is 47.7 Å². The number of fused-ring (bicyclic) bond motifs is 1. The minimum atomic E-state index is -1.25. The zero-order chi connectivity index (χ0) is 36.0. The number of carbonyl (C=O) groups excluding carboxylic acids is 4. The fraction of sp³-hybridized carbons (Fsp3) is 0.512. The molecule has 7 atom stereocenters. The Morgan fingerprint density at radius 3 is 2.39 bits per heavy atom. The number of aliphatic hydroxyl groups excluding tert-OH is 1. The number of esters is 1. The van der Waals surface area contributed by atoms with Crippen molar-refractivity contribution in [3.8, 4) is 0 Å². The van der Waals surface area contributed by atoms with Gasteiger partial charge in [0, 0.05) is 19.0 Å². The van der Waals surface area contributed by atoms with Gasteiger partial charge in [0.15, 0.2) is 0 Å². The summed E-state index contributed by atoms with van der Waals surface area (Å²) in [6, 6.07) is 17.1. The quantitative estimate of drug-likeness (QED) is 0.193. The van der Waals surface area contributed by atoms with Crippen LogP contribution in [0.4, 0.5) is 0 Å². The van der Waals surface area contributed by atoms with E-state index in [9.17, 15) is 19.5 Å². The highest BCUT2D eigenvalue weighted by atomic mass is 16.6. The number of hydrogen-bond acceptors (Lipinski definition) is 7. The molecule has 51 heavy (non-hydrogen) atoms. The Morgan fingerprint density at radius 2 is 1.73 bits per heavy atom. The lowest BCUT2D eigenvalue weighted by Gasteiger charge is -2.42. The Labute approximate surface area is 300 Å². The maximum Gasteiger partial charge on any atom is 0.313 e. The standard InChI is InChI=1S/C41H51N3O7/c1-3-5-21-34(46)42-26-33(29-17-11-7-12-18-29)50-40(49)35-32-22-23-41(51-32)36(35)38(47)44(31(27-45)25-28-15-9-6-10-16-28)37(41)39(48)43(24-4-2)30-19-13-8-14-20-30/h3-4,6-7,9-12,15-18,30-33,35-37,45H,1-2,5,8,13-14,19-27H2,(H,42,46)/t31-,32+,33-,35-,36-,37+,41-/m1/s1. The fourth-order valence-electron chi connectivity index (χ4n) is 8.92. The molecule has 1 saturated carbocycles. The molecule has 2 aromatic carbocycles. The maximum absolute atomic E-state index is 15.0. The first-order valence-corrected chi connectivity index (χ1v) is 18.5. The fourth-order valence-corrected chi connectivity index (χ4v) is 8.92. The van der Waals surface area contributed by atoms with Crippen LogP contribution in [0, 0.1) is 11.8 Å². The Kier molecular flexibility index (Phi) is 11.7.